The van der Waals surface area contributed by atoms with Crippen molar-refractivity contribution in [2.24, 2.45) is 5.92 Å². The Bertz CT molecular complexity index is 633. The van der Waals surface area contributed by atoms with E-state index in [1.165, 1.54) is 5.56 Å². The van der Waals surface area contributed by atoms with Crippen molar-refractivity contribution in [1.82, 2.24) is 0 Å². The Kier molecular flexibility index (Phi) is 5.55. The molecular weight excluding hydrogens is 256 g/mol. The van der Waals surface area contributed by atoms with Crippen molar-refractivity contribution in [1.29, 1.82) is 0 Å². The van der Waals surface area contributed by atoms with E-state index in [1.54, 1.807) is 6.08 Å². The van der Waals surface area contributed by atoms with Crippen LogP contribution in [0.25, 0.3) is 0 Å². The van der Waals surface area contributed by atoms with Gasteiger partial charge in [0.15, 0.2) is 5.78 Å². The molecule has 104 valence electrons. The first-order chi connectivity index (χ1) is 10.3. The highest BCUT2D eigenvalue weighted by atomic mass is 16.1. The van der Waals surface area contributed by atoms with Gasteiger partial charge in [0.25, 0.3) is 0 Å². The van der Waals surface area contributed by atoms with Crippen molar-refractivity contribution in [3.8, 4) is 12.3 Å². The van der Waals surface area contributed by atoms with Gasteiger partial charge in [0.1, 0.15) is 0 Å². The maximum Gasteiger partial charge on any atom is 0.185 e. The smallest absolute Gasteiger partial charge is 0.185 e. The Hall–Kier alpha value is -2.59. The lowest BCUT2D eigenvalue weighted by molar-refractivity contribution is 0.104. The SMILES string of the molecule is C#CCC(/C=C/C(=O)c1ccccc1)Cc1ccccc1. The maximum atomic E-state index is 12.1. The van der Waals surface area contributed by atoms with Crippen LogP contribution in [0.1, 0.15) is 22.3 Å². The third-order valence-electron chi connectivity index (χ3n) is 3.30. The second-order valence-corrected chi connectivity index (χ2v) is 4.95. The molecule has 0 bridgehead atoms. The number of hydrogen-bond donors (Lipinski definition) is 0. The average Bonchev–Trinajstić information content (AvgIpc) is 2.54. The van der Waals surface area contributed by atoms with E-state index in [0.29, 0.717) is 12.0 Å². The molecule has 0 saturated heterocycles. The van der Waals surface area contributed by atoms with Gasteiger partial charge in [-0.15, -0.1) is 12.3 Å². The molecule has 21 heavy (non-hydrogen) atoms. The summed E-state index contributed by atoms with van der Waals surface area (Å²) in [4.78, 5) is 12.1. The highest BCUT2D eigenvalue weighted by Gasteiger charge is 2.06. The molecule has 2 aromatic carbocycles. The van der Waals surface area contributed by atoms with Crippen LogP contribution >= 0.6 is 0 Å². The third-order valence-corrected chi connectivity index (χ3v) is 3.30. The number of rotatable bonds is 6. The number of benzene rings is 2. The zero-order valence-electron chi connectivity index (χ0n) is 11.9. The fraction of sp³-hybridized carbons (Fsp3) is 0.150. The lowest BCUT2D eigenvalue weighted by atomic mass is 9.95. The first kappa shape index (κ1) is 14.8. The van der Waals surface area contributed by atoms with Crippen LogP contribution in [0.2, 0.25) is 0 Å². The molecule has 0 fully saturated rings. The minimum Gasteiger partial charge on any atom is -0.289 e. The van der Waals surface area contributed by atoms with Gasteiger partial charge in [-0.1, -0.05) is 66.7 Å². The number of allylic oxidation sites excluding steroid dienone is 2. The second kappa shape index (κ2) is 7.87. The van der Waals surface area contributed by atoms with Crippen molar-refractivity contribution in [3.63, 3.8) is 0 Å². The standard InChI is InChI=1S/C20H18O/c1-2-9-17(16-18-10-5-3-6-11-18)14-15-20(21)19-12-7-4-8-13-19/h1,3-8,10-15,17H,9,16H2/b15-14+. The minimum atomic E-state index is 0.0192. The van der Waals surface area contributed by atoms with Crippen molar-refractivity contribution >= 4 is 5.78 Å². The number of carbonyl (C=O) groups excluding carboxylic acids is 1. The zero-order chi connectivity index (χ0) is 14.9. The van der Waals surface area contributed by atoms with Gasteiger partial charge in [-0.2, -0.15) is 0 Å². The van der Waals surface area contributed by atoms with E-state index in [0.717, 1.165) is 6.42 Å². The van der Waals surface area contributed by atoms with E-state index in [4.69, 9.17) is 6.42 Å². The van der Waals surface area contributed by atoms with Crippen molar-refractivity contribution in [3.05, 3.63) is 83.9 Å². The van der Waals surface area contributed by atoms with Crippen LogP contribution in [0.3, 0.4) is 0 Å². The molecule has 0 aliphatic heterocycles. The fourth-order valence-electron chi connectivity index (χ4n) is 2.20. The van der Waals surface area contributed by atoms with Gasteiger partial charge in [0, 0.05) is 12.0 Å². The second-order valence-electron chi connectivity index (χ2n) is 4.95. The number of carbonyl (C=O) groups is 1. The molecule has 1 heteroatoms. The monoisotopic (exact) mass is 274 g/mol. The topological polar surface area (TPSA) is 17.1 Å². The lowest BCUT2D eigenvalue weighted by Crippen LogP contribution is -2.02. The Labute approximate surface area is 126 Å². The Morgan fingerprint density at radius 2 is 1.67 bits per heavy atom. The summed E-state index contributed by atoms with van der Waals surface area (Å²) in [6.07, 6.45) is 10.5. The van der Waals surface area contributed by atoms with Gasteiger partial charge in [0.2, 0.25) is 0 Å². The highest BCUT2D eigenvalue weighted by molar-refractivity contribution is 6.04. The molecule has 1 unspecified atom stereocenters. The molecule has 0 N–H and O–H groups in total. The van der Waals surface area contributed by atoms with E-state index < -0.39 is 0 Å². The van der Waals surface area contributed by atoms with Gasteiger partial charge in [-0.3, -0.25) is 4.79 Å². The van der Waals surface area contributed by atoms with Gasteiger partial charge in [0.05, 0.1) is 0 Å². The molecule has 2 aromatic rings. The van der Waals surface area contributed by atoms with E-state index in [2.05, 4.69) is 18.1 Å². The first-order valence-corrected chi connectivity index (χ1v) is 7.04. The zero-order valence-corrected chi connectivity index (χ0v) is 11.9. The largest absolute Gasteiger partial charge is 0.289 e. The van der Waals surface area contributed by atoms with E-state index in [1.807, 2.05) is 54.6 Å². The predicted molar refractivity (Wildman–Crippen MR) is 87.0 cm³/mol. The minimum absolute atomic E-state index is 0.0192. The maximum absolute atomic E-state index is 12.1. The molecule has 0 aromatic heterocycles. The highest BCUT2D eigenvalue weighted by Crippen LogP contribution is 2.14. The van der Waals surface area contributed by atoms with Crippen LogP contribution in [0.5, 0.6) is 0 Å². The summed E-state index contributed by atoms with van der Waals surface area (Å²) in [7, 11) is 0. The third kappa shape index (κ3) is 4.78. The van der Waals surface area contributed by atoms with Gasteiger partial charge < -0.3 is 0 Å². The van der Waals surface area contributed by atoms with Gasteiger partial charge >= 0.3 is 0 Å². The van der Waals surface area contributed by atoms with E-state index in [-0.39, 0.29) is 11.7 Å². The van der Waals surface area contributed by atoms with Crippen LogP contribution in [-0.4, -0.2) is 5.78 Å². The summed E-state index contributed by atoms with van der Waals surface area (Å²) < 4.78 is 0. The Morgan fingerprint density at radius 1 is 1.05 bits per heavy atom. The number of hydrogen-bond acceptors (Lipinski definition) is 1. The van der Waals surface area contributed by atoms with Crippen LogP contribution in [-0.2, 0) is 6.42 Å². The molecular formula is C20H18O. The van der Waals surface area contributed by atoms with Crippen LogP contribution < -0.4 is 0 Å². The summed E-state index contributed by atoms with van der Waals surface area (Å²) in [6, 6.07) is 19.5. The van der Waals surface area contributed by atoms with Crippen molar-refractivity contribution in [2.75, 3.05) is 0 Å². The van der Waals surface area contributed by atoms with Gasteiger partial charge in [-0.05, 0) is 24.0 Å². The summed E-state index contributed by atoms with van der Waals surface area (Å²) in [5.74, 6) is 2.89. The molecule has 0 radical (unpaired) electrons. The average molecular weight is 274 g/mol. The van der Waals surface area contributed by atoms with E-state index in [9.17, 15) is 4.79 Å². The normalized spacial score (nSPS) is 12.0. The lowest BCUT2D eigenvalue weighted by Gasteiger charge is -2.09. The van der Waals surface area contributed by atoms with Crippen molar-refractivity contribution < 1.29 is 4.79 Å². The first-order valence-electron chi connectivity index (χ1n) is 7.04. The quantitative estimate of drug-likeness (QED) is 0.436. The summed E-state index contributed by atoms with van der Waals surface area (Å²) in [5.41, 5.74) is 1.93. The van der Waals surface area contributed by atoms with Crippen molar-refractivity contribution in [2.45, 2.75) is 12.8 Å². The molecule has 2 rings (SSSR count). The van der Waals surface area contributed by atoms with Crippen LogP contribution in [0.15, 0.2) is 72.8 Å². The molecule has 0 saturated carbocycles. The Morgan fingerprint density at radius 3 is 2.29 bits per heavy atom. The molecule has 0 heterocycles. The summed E-state index contributed by atoms with van der Waals surface area (Å²) in [6.45, 7) is 0. The number of terminal acetylenes is 1. The van der Waals surface area contributed by atoms with E-state index >= 15 is 0 Å². The van der Waals surface area contributed by atoms with Crippen LogP contribution in [0, 0.1) is 18.3 Å². The van der Waals surface area contributed by atoms with Crippen LogP contribution in [0.4, 0.5) is 0 Å². The fourth-order valence-corrected chi connectivity index (χ4v) is 2.20. The molecule has 0 spiro atoms. The summed E-state index contributed by atoms with van der Waals surface area (Å²) in [5, 5.41) is 0. The molecule has 0 amide bonds. The molecule has 1 nitrogen and oxygen atoms in total. The molecule has 1 atom stereocenters. The molecule has 0 aliphatic rings. The van der Waals surface area contributed by atoms with Gasteiger partial charge in [-0.25, -0.2) is 0 Å². The molecule has 0 aliphatic carbocycles. The number of ketones is 1. The summed E-state index contributed by atoms with van der Waals surface area (Å²) >= 11 is 0. The Balaban J connectivity index is 2.04. The predicted octanol–water partition coefficient (Wildman–Crippen LogP) is 4.31.